The Hall–Kier alpha value is -2.43. The number of anilines is 1. The molecule has 5 heteroatoms. The minimum atomic E-state index is -0.365. The van der Waals surface area contributed by atoms with Crippen molar-refractivity contribution in [1.29, 1.82) is 0 Å². The van der Waals surface area contributed by atoms with Crippen LogP contribution in [0.2, 0.25) is 0 Å². The molecule has 0 saturated carbocycles. The van der Waals surface area contributed by atoms with E-state index >= 15 is 0 Å². The molecule has 0 unspecified atom stereocenters. The lowest BCUT2D eigenvalue weighted by molar-refractivity contribution is -0.127. The van der Waals surface area contributed by atoms with Crippen LogP contribution < -0.4 is 10.2 Å². The van der Waals surface area contributed by atoms with Gasteiger partial charge in [-0.25, -0.2) is 9.97 Å². The largest absolute Gasteiger partial charge is 0.356 e. The Balaban J connectivity index is 1.72. The molecule has 3 heterocycles. The number of nitrogens with one attached hydrogen (secondary N) is 1. The molecule has 1 aromatic heterocycles. The van der Waals surface area contributed by atoms with E-state index in [1.807, 2.05) is 37.5 Å². The van der Waals surface area contributed by atoms with Crippen LogP contribution in [0.25, 0.3) is 0 Å². The number of rotatable bonds is 2. The molecule has 2 aliphatic rings. The standard InChI is InChI=1S/C18H20N4O/c1-13-9-20-17(21-10-13)22-11-15(14-5-3-2-4-6-14)18(12-22)7-8-19-16(18)23/h2-6,9-10,15H,7-8,11-12H2,1H3,(H,19,23)/t15-,18+/m0/s1. The van der Waals surface area contributed by atoms with Crippen molar-refractivity contribution in [1.82, 2.24) is 15.3 Å². The van der Waals surface area contributed by atoms with E-state index in [9.17, 15) is 4.79 Å². The lowest BCUT2D eigenvalue weighted by atomic mass is 9.73. The second kappa shape index (κ2) is 5.33. The minimum absolute atomic E-state index is 0.168. The van der Waals surface area contributed by atoms with Crippen LogP contribution in [-0.2, 0) is 4.79 Å². The van der Waals surface area contributed by atoms with Gasteiger partial charge in [-0.05, 0) is 24.5 Å². The van der Waals surface area contributed by atoms with Gasteiger partial charge in [0.05, 0.1) is 5.41 Å². The van der Waals surface area contributed by atoms with Gasteiger partial charge < -0.3 is 10.2 Å². The van der Waals surface area contributed by atoms with Gasteiger partial charge in [0.1, 0.15) is 0 Å². The maximum atomic E-state index is 12.6. The first-order chi connectivity index (χ1) is 11.2. The average molecular weight is 308 g/mol. The maximum Gasteiger partial charge on any atom is 0.228 e. The minimum Gasteiger partial charge on any atom is -0.356 e. The molecular formula is C18H20N4O. The Labute approximate surface area is 135 Å². The van der Waals surface area contributed by atoms with Crippen molar-refractivity contribution >= 4 is 11.9 Å². The molecule has 23 heavy (non-hydrogen) atoms. The van der Waals surface area contributed by atoms with Crippen LogP contribution in [0.5, 0.6) is 0 Å². The Morgan fingerprint density at radius 1 is 1.22 bits per heavy atom. The number of aromatic nitrogens is 2. The topological polar surface area (TPSA) is 58.1 Å². The van der Waals surface area contributed by atoms with Crippen LogP contribution in [0, 0.1) is 12.3 Å². The van der Waals surface area contributed by atoms with Gasteiger partial charge in [-0.2, -0.15) is 0 Å². The van der Waals surface area contributed by atoms with E-state index in [0.717, 1.165) is 25.1 Å². The summed E-state index contributed by atoms with van der Waals surface area (Å²) in [6.07, 6.45) is 4.53. The van der Waals surface area contributed by atoms with E-state index in [4.69, 9.17) is 0 Å². The Morgan fingerprint density at radius 2 is 1.96 bits per heavy atom. The molecule has 0 bridgehead atoms. The average Bonchev–Trinajstić information content (AvgIpc) is 3.14. The Kier molecular flexibility index (Phi) is 3.29. The number of nitrogens with zero attached hydrogens (tertiary/aromatic N) is 3. The maximum absolute atomic E-state index is 12.6. The molecule has 1 spiro atoms. The molecule has 0 radical (unpaired) electrons. The third-order valence-electron chi connectivity index (χ3n) is 5.10. The highest BCUT2D eigenvalue weighted by atomic mass is 16.2. The number of aryl methyl sites for hydroxylation is 1. The third kappa shape index (κ3) is 2.27. The Bertz CT molecular complexity index is 716. The zero-order valence-corrected chi connectivity index (χ0v) is 13.2. The predicted octanol–water partition coefficient (Wildman–Crippen LogP) is 1.90. The fourth-order valence-corrected chi connectivity index (χ4v) is 3.89. The second-order valence-corrected chi connectivity index (χ2v) is 6.57. The van der Waals surface area contributed by atoms with Crippen LogP contribution in [0.1, 0.15) is 23.5 Å². The highest BCUT2D eigenvalue weighted by Gasteiger charge is 2.55. The Morgan fingerprint density at radius 3 is 2.61 bits per heavy atom. The van der Waals surface area contributed by atoms with E-state index in [0.29, 0.717) is 12.5 Å². The van der Waals surface area contributed by atoms with E-state index in [-0.39, 0.29) is 17.2 Å². The third-order valence-corrected chi connectivity index (χ3v) is 5.10. The first kappa shape index (κ1) is 14.2. The summed E-state index contributed by atoms with van der Waals surface area (Å²) in [7, 11) is 0. The monoisotopic (exact) mass is 308 g/mol. The van der Waals surface area contributed by atoms with Crippen molar-refractivity contribution in [3.05, 3.63) is 53.9 Å². The molecule has 2 atom stereocenters. The summed E-state index contributed by atoms with van der Waals surface area (Å²) in [6.45, 7) is 4.19. The molecule has 1 amide bonds. The van der Waals surface area contributed by atoms with Crippen molar-refractivity contribution in [3.8, 4) is 0 Å². The van der Waals surface area contributed by atoms with Gasteiger partial charge in [0.15, 0.2) is 0 Å². The predicted molar refractivity (Wildman–Crippen MR) is 88.2 cm³/mol. The van der Waals surface area contributed by atoms with Crippen LogP contribution in [0.4, 0.5) is 5.95 Å². The van der Waals surface area contributed by atoms with Gasteiger partial charge >= 0.3 is 0 Å². The highest BCUT2D eigenvalue weighted by molar-refractivity contribution is 5.87. The SMILES string of the molecule is Cc1cnc(N2C[C@@H](c3ccccc3)[C@@]3(CCNC3=O)C2)nc1. The molecule has 1 aromatic carbocycles. The van der Waals surface area contributed by atoms with E-state index < -0.39 is 0 Å². The van der Waals surface area contributed by atoms with E-state index in [1.165, 1.54) is 5.56 Å². The van der Waals surface area contributed by atoms with Crippen molar-refractivity contribution in [2.75, 3.05) is 24.5 Å². The summed E-state index contributed by atoms with van der Waals surface area (Å²) in [4.78, 5) is 23.7. The number of benzene rings is 1. The number of hydrogen-bond acceptors (Lipinski definition) is 4. The quantitative estimate of drug-likeness (QED) is 0.920. The summed E-state index contributed by atoms with van der Waals surface area (Å²) in [5.41, 5.74) is 1.90. The molecular weight excluding hydrogens is 288 g/mol. The molecule has 5 nitrogen and oxygen atoms in total. The fourth-order valence-electron chi connectivity index (χ4n) is 3.89. The molecule has 1 N–H and O–H groups in total. The van der Waals surface area contributed by atoms with Gasteiger partial charge in [0.2, 0.25) is 11.9 Å². The zero-order chi connectivity index (χ0) is 15.9. The van der Waals surface area contributed by atoms with Crippen molar-refractivity contribution in [2.45, 2.75) is 19.3 Å². The molecule has 2 saturated heterocycles. The molecule has 118 valence electrons. The van der Waals surface area contributed by atoms with Gasteiger partial charge in [-0.1, -0.05) is 30.3 Å². The summed E-state index contributed by atoms with van der Waals surface area (Å²) >= 11 is 0. The van der Waals surface area contributed by atoms with Crippen LogP contribution in [-0.4, -0.2) is 35.5 Å². The summed E-state index contributed by atoms with van der Waals surface area (Å²) in [5, 5.41) is 3.03. The van der Waals surface area contributed by atoms with Crippen LogP contribution in [0.15, 0.2) is 42.7 Å². The van der Waals surface area contributed by atoms with E-state index in [2.05, 4.69) is 32.3 Å². The summed E-state index contributed by atoms with van der Waals surface area (Å²) in [6, 6.07) is 10.3. The van der Waals surface area contributed by atoms with Gasteiger partial charge in [-0.3, -0.25) is 4.79 Å². The van der Waals surface area contributed by atoms with Crippen LogP contribution >= 0.6 is 0 Å². The number of hydrogen-bond donors (Lipinski definition) is 1. The normalized spacial score (nSPS) is 26.7. The molecule has 2 aromatic rings. The van der Waals surface area contributed by atoms with Crippen LogP contribution in [0.3, 0.4) is 0 Å². The molecule has 4 rings (SSSR count). The number of carbonyl (C=O) groups is 1. The van der Waals surface area contributed by atoms with Gasteiger partial charge in [0, 0.05) is 37.9 Å². The summed E-state index contributed by atoms with van der Waals surface area (Å²) in [5.74, 6) is 1.06. The number of carbonyl (C=O) groups excluding carboxylic acids is 1. The lowest BCUT2D eigenvalue weighted by Gasteiger charge is -2.27. The summed E-state index contributed by atoms with van der Waals surface area (Å²) < 4.78 is 0. The van der Waals surface area contributed by atoms with Crippen molar-refractivity contribution in [2.24, 2.45) is 5.41 Å². The molecule has 2 fully saturated rings. The van der Waals surface area contributed by atoms with Crippen molar-refractivity contribution < 1.29 is 4.79 Å². The lowest BCUT2D eigenvalue weighted by Crippen LogP contribution is -2.37. The molecule has 0 aliphatic carbocycles. The van der Waals surface area contributed by atoms with Gasteiger partial charge in [-0.15, -0.1) is 0 Å². The zero-order valence-electron chi connectivity index (χ0n) is 13.2. The smallest absolute Gasteiger partial charge is 0.228 e. The highest BCUT2D eigenvalue weighted by Crippen LogP contribution is 2.48. The first-order valence-corrected chi connectivity index (χ1v) is 8.06. The second-order valence-electron chi connectivity index (χ2n) is 6.57. The van der Waals surface area contributed by atoms with E-state index in [1.54, 1.807) is 0 Å². The fraction of sp³-hybridized carbons (Fsp3) is 0.389. The van der Waals surface area contributed by atoms with Crippen molar-refractivity contribution in [3.63, 3.8) is 0 Å². The number of amides is 1. The van der Waals surface area contributed by atoms with Gasteiger partial charge in [0.25, 0.3) is 0 Å². The first-order valence-electron chi connectivity index (χ1n) is 8.06. The molecule has 2 aliphatic heterocycles.